The highest BCUT2D eigenvalue weighted by Crippen LogP contribution is 2.28. The average molecular weight is 412 g/mol. The van der Waals surface area contributed by atoms with Crippen LogP contribution in [0.4, 0.5) is 5.69 Å². The van der Waals surface area contributed by atoms with E-state index in [4.69, 9.17) is 9.47 Å². The van der Waals surface area contributed by atoms with E-state index in [-0.39, 0.29) is 12.5 Å². The molecule has 2 rings (SSSR count). The summed E-state index contributed by atoms with van der Waals surface area (Å²) in [5.41, 5.74) is 1.66. The van der Waals surface area contributed by atoms with Crippen molar-refractivity contribution in [3.05, 3.63) is 59.7 Å². The number of anilines is 1. The molecule has 0 spiro atoms. The molecule has 0 heterocycles. The van der Waals surface area contributed by atoms with Gasteiger partial charge in [0.15, 0.2) is 11.5 Å². The molecule has 0 aliphatic heterocycles. The van der Waals surface area contributed by atoms with Crippen LogP contribution in [0.1, 0.15) is 22.8 Å². The number of methoxy groups -OCH3 is 2. The fraction of sp³-hybridized carbons (Fsp3) is 0.227. The molecule has 0 aromatic heterocycles. The molecule has 0 atom stereocenters. The van der Waals surface area contributed by atoms with Crippen molar-refractivity contribution in [3.63, 3.8) is 0 Å². The lowest BCUT2D eigenvalue weighted by Gasteiger charge is -2.09. The first-order chi connectivity index (χ1) is 14.5. The van der Waals surface area contributed by atoms with E-state index in [1.165, 1.54) is 13.2 Å². The minimum Gasteiger partial charge on any atom is -0.493 e. The number of esters is 1. The minimum absolute atomic E-state index is 0.213. The van der Waals surface area contributed by atoms with Crippen molar-refractivity contribution in [2.45, 2.75) is 6.92 Å². The first-order valence-corrected chi connectivity index (χ1v) is 9.21. The molecule has 2 aromatic rings. The van der Waals surface area contributed by atoms with Gasteiger partial charge >= 0.3 is 5.97 Å². The third-order valence-corrected chi connectivity index (χ3v) is 3.95. The second-order valence-corrected chi connectivity index (χ2v) is 6.00. The van der Waals surface area contributed by atoms with E-state index >= 15 is 0 Å². The van der Waals surface area contributed by atoms with Crippen LogP contribution in [-0.2, 0) is 14.3 Å². The smallest absolute Gasteiger partial charge is 0.325 e. The van der Waals surface area contributed by atoms with Crippen molar-refractivity contribution < 1.29 is 28.6 Å². The molecule has 0 unspecified atom stereocenters. The van der Waals surface area contributed by atoms with Crippen LogP contribution in [0.15, 0.2) is 48.5 Å². The molecular weight excluding hydrogens is 388 g/mol. The fourth-order valence-corrected chi connectivity index (χ4v) is 2.45. The highest BCUT2D eigenvalue weighted by atomic mass is 16.5. The third-order valence-electron chi connectivity index (χ3n) is 3.95. The molecule has 0 aliphatic carbocycles. The van der Waals surface area contributed by atoms with Crippen LogP contribution >= 0.6 is 0 Å². The van der Waals surface area contributed by atoms with Gasteiger partial charge < -0.3 is 24.8 Å². The summed E-state index contributed by atoms with van der Waals surface area (Å²) >= 11 is 0. The molecule has 8 heteroatoms. The Balaban J connectivity index is 1.94. The molecule has 0 fully saturated rings. The maximum Gasteiger partial charge on any atom is 0.325 e. The topological polar surface area (TPSA) is 103 Å². The Morgan fingerprint density at radius 2 is 1.73 bits per heavy atom. The average Bonchev–Trinajstić information content (AvgIpc) is 2.77. The SMILES string of the molecule is CCOc1ccc(/C=C/C(=O)Nc2ccc(C(=O)NCC(=O)OC)cc2)cc1OC. The maximum atomic E-state index is 12.2. The number of carbonyl (C=O) groups is 3. The van der Waals surface area contributed by atoms with Gasteiger partial charge in [0.2, 0.25) is 5.91 Å². The number of rotatable bonds is 9. The van der Waals surface area contributed by atoms with Crippen molar-refractivity contribution in [2.75, 3.05) is 32.7 Å². The molecule has 0 saturated heterocycles. The van der Waals surface area contributed by atoms with Gasteiger partial charge in [0, 0.05) is 17.3 Å². The maximum absolute atomic E-state index is 12.2. The second kappa shape index (κ2) is 11.3. The van der Waals surface area contributed by atoms with Gasteiger partial charge in [-0.15, -0.1) is 0 Å². The van der Waals surface area contributed by atoms with E-state index < -0.39 is 11.9 Å². The van der Waals surface area contributed by atoms with E-state index in [0.717, 1.165) is 5.56 Å². The number of ether oxygens (including phenoxy) is 3. The van der Waals surface area contributed by atoms with Crippen LogP contribution in [-0.4, -0.2) is 45.2 Å². The van der Waals surface area contributed by atoms with Gasteiger partial charge in [0.05, 0.1) is 20.8 Å². The molecule has 0 saturated carbocycles. The summed E-state index contributed by atoms with van der Waals surface area (Å²) in [5.74, 6) is -0.0599. The molecule has 0 aliphatic rings. The summed E-state index contributed by atoms with van der Waals surface area (Å²) in [4.78, 5) is 35.2. The summed E-state index contributed by atoms with van der Waals surface area (Å²) < 4.78 is 15.2. The Morgan fingerprint density at radius 3 is 2.37 bits per heavy atom. The molecule has 2 aromatic carbocycles. The number of carbonyl (C=O) groups excluding carboxylic acids is 3. The van der Waals surface area contributed by atoms with E-state index in [2.05, 4.69) is 15.4 Å². The number of amides is 2. The lowest BCUT2D eigenvalue weighted by Crippen LogP contribution is -2.30. The van der Waals surface area contributed by atoms with Crippen LogP contribution in [0.3, 0.4) is 0 Å². The number of nitrogens with one attached hydrogen (secondary N) is 2. The second-order valence-electron chi connectivity index (χ2n) is 6.00. The molecule has 0 radical (unpaired) electrons. The quantitative estimate of drug-likeness (QED) is 0.485. The van der Waals surface area contributed by atoms with E-state index in [1.807, 2.05) is 13.0 Å². The molecule has 8 nitrogen and oxygen atoms in total. The summed E-state index contributed by atoms with van der Waals surface area (Å²) in [6, 6.07) is 11.7. The van der Waals surface area contributed by atoms with E-state index in [9.17, 15) is 14.4 Å². The normalized spacial score (nSPS) is 10.4. The molecular formula is C22H24N2O6. The Labute approximate surface area is 174 Å². The predicted molar refractivity (Wildman–Crippen MR) is 113 cm³/mol. The zero-order valence-electron chi connectivity index (χ0n) is 17.1. The zero-order chi connectivity index (χ0) is 21.9. The summed E-state index contributed by atoms with van der Waals surface area (Å²) in [5, 5.41) is 5.15. The largest absolute Gasteiger partial charge is 0.493 e. The molecule has 2 amide bonds. The lowest BCUT2D eigenvalue weighted by molar-refractivity contribution is -0.139. The van der Waals surface area contributed by atoms with Gasteiger partial charge in [0.1, 0.15) is 6.54 Å². The van der Waals surface area contributed by atoms with E-state index in [0.29, 0.717) is 29.4 Å². The Kier molecular flexibility index (Phi) is 8.43. The van der Waals surface area contributed by atoms with Gasteiger partial charge in [0.25, 0.3) is 5.91 Å². The highest BCUT2D eigenvalue weighted by molar-refractivity contribution is 6.02. The summed E-state index contributed by atoms with van der Waals surface area (Å²) in [6.45, 7) is 2.20. The highest BCUT2D eigenvalue weighted by Gasteiger charge is 2.08. The first-order valence-electron chi connectivity index (χ1n) is 9.21. The number of benzene rings is 2. The Bertz CT molecular complexity index is 922. The minimum atomic E-state index is -0.538. The fourth-order valence-electron chi connectivity index (χ4n) is 2.45. The molecule has 0 bridgehead atoms. The van der Waals surface area contributed by atoms with Gasteiger partial charge in [-0.3, -0.25) is 14.4 Å². The van der Waals surface area contributed by atoms with Gasteiger partial charge in [-0.05, 0) is 55.0 Å². The Morgan fingerprint density at radius 1 is 1.00 bits per heavy atom. The van der Waals surface area contributed by atoms with Crippen LogP contribution in [0.2, 0.25) is 0 Å². The monoisotopic (exact) mass is 412 g/mol. The van der Waals surface area contributed by atoms with Crippen LogP contribution in [0.5, 0.6) is 11.5 Å². The molecule has 158 valence electrons. The van der Waals surface area contributed by atoms with Crippen LogP contribution < -0.4 is 20.1 Å². The van der Waals surface area contributed by atoms with Gasteiger partial charge in [-0.2, -0.15) is 0 Å². The van der Waals surface area contributed by atoms with E-state index in [1.54, 1.807) is 49.6 Å². The predicted octanol–water partition coefficient (Wildman–Crippen LogP) is 2.65. The van der Waals surface area contributed by atoms with Crippen LogP contribution in [0.25, 0.3) is 6.08 Å². The van der Waals surface area contributed by atoms with Gasteiger partial charge in [-0.1, -0.05) is 6.07 Å². The number of hydrogen-bond acceptors (Lipinski definition) is 6. The summed E-state index contributed by atoms with van der Waals surface area (Å²) in [7, 11) is 2.80. The lowest BCUT2D eigenvalue weighted by atomic mass is 10.1. The van der Waals surface area contributed by atoms with Crippen molar-refractivity contribution in [2.24, 2.45) is 0 Å². The van der Waals surface area contributed by atoms with Crippen molar-refractivity contribution in [1.82, 2.24) is 5.32 Å². The van der Waals surface area contributed by atoms with Crippen molar-refractivity contribution >= 4 is 29.5 Å². The number of hydrogen-bond donors (Lipinski definition) is 2. The van der Waals surface area contributed by atoms with Crippen molar-refractivity contribution in [1.29, 1.82) is 0 Å². The molecule has 30 heavy (non-hydrogen) atoms. The van der Waals surface area contributed by atoms with Gasteiger partial charge in [-0.25, -0.2) is 0 Å². The first kappa shape index (κ1) is 22.5. The standard InChI is InChI=1S/C22H24N2O6/c1-4-30-18-11-5-15(13-19(18)28-2)6-12-20(25)24-17-9-7-16(8-10-17)22(27)23-14-21(26)29-3/h5-13H,4,14H2,1-3H3,(H,23,27)(H,24,25)/b12-6+. The third kappa shape index (κ3) is 6.66. The van der Waals surface area contributed by atoms with Crippen LogP contribution in [0, 0.1) is 0 Å². The zero-order valence-corrected chi connectivity index (χ0v) is 17.1. The van der Waals surface area contributed by atoms with Crippen molar-refractivity contribution in [3.8, 4) is 11.5 Å². The molecule has 2 N–H and O–H groups in total. The Hall–Kier alpha value is -3.81. The summed E-state index contributed by atoms with van der Waals surface area (Å²) in [6.07, 6.45) is 3.05.